The largest absolute Gasteiger partial charge is 0.416 e. The van der Waals surface area contributed by atoms with Crippen molar-refractivity contribution in [1.29, 1.82) is 0 Å². The lowest BCUT2D eigenvalue weighted by Gasteiger charge is -2.31. The molecule has 0 aromatic heterocycles. The van der Waals surface area contributed by atoms with Crippen LogP contribution in [0.15, 0.2) is 46.9 Å². The van der Waals surface area contributed by atoms with E-state index in [0.717, 1.165) is 16.6 Å². The zero-order valence-corrected chi connectivity index (χ0v) is 18.1. The van der Waals surface area contributed by atoms with Gasteiger partial charge in [0, 0.05) is 36.1 Å². The molecule has 0 bridgehead atoms. The lowest BCUT2D eigenvalue weighted by molar-refractivity contribution is -0.137. The Morgan fingerprint density at radius 1 is 1.06 bits per heavy atom. The molecule has 1 aliphatic heterocycles. The van der Waals surface area contributed by atoms with Crippen LogP contribution < -0.4 is 15.5 Å². The molecular formula is C21H21BrF3N3O3. The first-order chi connectivity index (χ1) is 14.7. The van der Waals surface area contributed by atoms with Crippen molar-refractivity contribution < 1.29 is 27.5 Å². The molecule has 166 valence electrons. The summed E-state index contributed by atoms with van der Waals surface area (Å²) < 4.78 is 45.6. The van der Waals surface area contributed by atoms with Crippen molar-refractivity contribution in [1.82, 2.24) is 5.32 Å². The van der Waals surface area contributed by atoms with Crippen LogP contribution in [0.1, 0.15) is 22.3 Å². The number of carbonyl (C=O) groups is 2. The summed E-state index contributed by atoms with van der Waals surface area (Å²) in [4.78, 5) is 26.4. The highest BCUT2D eigenvalue weighted by molar-refractivity contribution is 9.10. The lowest BCUT2D eigenvalue weighted by atomic mass is 10.1. The number of morpholine rings is 1. The summed E-state index contributed by atoms with van der Waals surface area (Å²) in [5, 5.41) is 5.19. The summed E-state index contributed by atoms with van der Waals surface area (Å²) in [5.74, 6) is -0.835. The Hall–Kier alpha value is -2.59. The standard InChI is InChI=1S/C21H21BrF3N3O3/c22-16-4-1-14(2-5-16)20(30)26-8-7-19(29)27-17-13-15(21(23,24)25)3-6-18(17)28-9-11-31-12-10-28/h1-6,13H,7-12H2,(H,26,30)(H,27,29). The van der Waals surface area contributed by atoms with E-state index in [2.05, 4.69) is 26.6 Å². The highest BCUT2D eigenvalue weighted by Crippen LogP contribution is 2.35. The van der Waals surface area contributed by atoms with E-state index in [4.69, 9.17) is 4.74 Å². The summed E-state index contributed by atoms with van der Waals surface area (Å²) in [6.07, 6.45) is -4.61. The number of ether oxygens (including phenoxy) is 1. The van der Waals surface area contributed by atoms with Crippen LogP contribution in [0, 0.1) is 0 Å². The molecule has 31 heavy (non-hydrogen) atoms. The molecule has 3 rings (SSSR count). The fourth-order valence-electron chi connectivity index (χ4n) is 3.10. The number of nitrogens with zero attached hydrogens (tertiary/aromatic N) is 1. The van der Waals surface area contributed by atoms with E-state index >= 15 is 0 Å². The molecule has 1 aliphatic rings. The minimum Gasteiger partial charge on any atom is -0.378 e. The maximum Gasteiger partial charge on any atom is 0.416 e. The minimum atomic E-state index is -4.53. The van der Waals surface area contributed by atoms with Gasteiger partial charge in [-0.05, 0) is 42.5 Å². The fourth-order valence-corrected chi connectivity index (χ4v) is 3.36. The van der Waals surface area contributed by atoms with Crippen LogP contribution in [0.2, 0.25) is 0 Å². The first-order valence-electron chi connectivity index (χ1n) is 9.61. The van der Waals surface area contributed by atoms with E-state index in [1.807, 2.05) is 4.90 Å². The molecule has 2 aromatic carbocycles. The Balaban J connectivity index is 1.64. The Morgan fingerprint density at radius 3 is 2.39 bits per heavy atom. The maximum absolute atomic E-state index is 13.2. The molecule has 1 fully saturated rings. The smallest absolute Gasteiger partial charge is 0.378 e. The number of carbonyl (C=O) groups excluding carboxylic acids is 2. The molecule has 1 heterocycles. The second-order valence-electron chi connectivity index (χ2n) is 6.89. The monoisotopic (exact) mass is 499 g/mol. The predicted octanol–water partition coefficient (Wildman–Crippen LogP) is 4.06. The molecule has 1 saturated heterocycles. The van der Waals surface area contributed by atoms with Crippen molar-refractivity contribution in [2.75, 3.05) is 43.1 Å². The van der Waals surface area contributed by atoms with E-state index in [1.54, 1.807) is 24.3 Å². The Bertz CT molecular complexity index is 930. The molecule has 0 saturated carbocycles. The van der Waals surface area contributed by atoms with E-state index in [-0.39, 0.29) is 24.6 Å². The van der Waals surface area contributed by atoms with Gasteiger partial charge in [-0.2, -0.15) is 13.2 Å². The van der Waals surface area contributed by atoms with Crippen LogP contribution in [0.4, 0.5) is 24.5 Å². The number of rotatable bonds is 6. The van der Waals surface area contributed by atoms with Crippen LogP contribution in [0.3, 0.4) is 0 Å². The van der Waals surface area contributed by atoms with Gasteiger partial charge in [-0.25, -0.2) is 0 Å². The van der Waals surface area contributed by atoms with Gasteiger partial charge in [-0.15, -0.1) is 0 Å². The number of benzene rings is 2. The van der Waals surface area contributed by atoms with Gasteiger partial charge in [-0.1, -0.05) is 15.9 Å². The summed E-state index contributed by atoms with van der Waals surface area (Å²) in [6.45, 7) is 1.98. The summed E-state index contributed by atoms with van der Waals surface area (Å²) in [7, 11) is 0. The highest BCUT2D eigenvalue weighted by atomic mass is 79.9. The SMILES string of the molecule is O=C(CCNC(=O)c1ccc(Br)cc1)Nc1cc(C(F)(F)F)ccc1N1CCOCC1. The molecule has 2 N–H and O–H groups in total. The third-order valence-electron chi connectivity index (χ3n) is 4.69. The van der Waals surface area contributed by atoms with Crippen molar-refractivity contribution in [3.63, 3.8) is 0 Å². The molecule has 0 atom stereocenters. The summed E-state index contributed by atoms with van der Waals surface area (Å²) in [6, 6.07) is 10.0. The number of halogens is 4. The van der Waals surface area contributed by atoms with Crippen LogP contribution in [0.5, 0.6) is 0 Å². The first-order valence-corrected chi connectivity index (χ1v) is 10.4. The van der Waals surface area contributed by atoms with Crippen LogP contribution >= 0.6 is 15.9 Å². The van der Waals surface area contributed by atoms with Crippen molar-refractivity contribution in [2.45, 2.75) is 12.6 Å². The number of alkyl halides is 3. The summed E-state index contributed by atoms with van der Waals surface area (Å²) >= 11 is 3.28. The summed E-state index contributed by atoms with van der Waals surface area (Å²) in [5.41, 5.74) is 0.184. The van der Waals surface area contributed by atoms with Crippen molar-refractivity contribution in [2.24, 2.45) is 0 Å². The van der Waals surface area contributed by atoms with Crippen molar-refractivity contribution in [3.05, 3.63) is 58.1 Å². The van der Waals surface area contributed by atoms with Gasteiger partial charge >= 0.3 is 6.18 Å². The van der Waals surface area contributed by atoms with E-state index in [9.17, 15) is 22.8 Å². The predicted molar refractivity (Wildman–Crippen MR) is 114 cm³/mol. The highest BCUT2D eigenvalue weighted by Gasteiger charge is 2.32. The van der Waals surface area contributed by atoms with Crippen molar-refractivity contribution >= 4 is 39.1 Å². The molecule has 6 nitrogen and oxygen atoms in total. The number of nitrogens with one attached hydrogen (secondary N) is 2. The third-order valence-corrected chi connectivity index (χ3v) is 5.22. The normalized spacial score (nSPS) is 14.3. The Morgan fingerprint density at radius 2 is 1.74 bits per heavy atom. The van der Waals surface area contributed by atoms with Gasteiger partial charge in [0.15, 0.2) is 0 Å². The fraction of sp³-hybridized carbons (Fsp3) is 0.333. The first kappa shape index (κ1) is 23.1. The van der Waals surface area contributed by atoms with Gasteiger partial charge in [0.25, 0.3) is 5.91 Å². The second-order valence-corrected chi connectivity index (χ2v) is 7.81. The minimum absolute atomic E-state index is 0.0482. The van der Waals surface area contributed by atoms with Gasteiger partial charge in [0.1, 0.15) is 0 Å². The topological polar surface area (TPSA) is 70.7 Å². The zero-order valence-electron chi connectivity index (χ0n) is 16.5. The van der Waals surface area contributed by atoms with Gasteiger partial charge < -0.3 is 20.3 Å². The second kappa shape index (κ2) is 10.1. The van der Waals surface area contributed by atoms with Gasteiger partial charge in [0.2, 0.25) is 5.91 Å². The molecule has 0 aliphatic carbocycles. The Kier molecular flexibility index (Phi) is 7.55. The zero-order chi connectivity index (χ0) is 22.4. The van der Waals surface area contributed by atoms with Crippen molar-refractivity contribution in [3.8, 4) is 0 Å². The molecule has 10 heteroatoms. The number of anilines is 2. The van der Waals surface area contributed by atoms with Gasteiger partial charge in [0.05, 0.1) is 30.2 Å². The van der Waals surface area contributed by atoms with E-state index in [1.165, 1.54) is 6.07 Å². The maximum atomic E-state index is 13.2. The molecule has 2 aromatic rings. The van der Waals surface area contributed by atoms with E-state index < -0.39 is 17.6 Å². The molecular weight excluding hydrogens is 479 g/mol. The Labute approximate surface area is 185 Å². The number of hydrogen-bond donors (Lipinski definition) is 2. The number of hydrogen-bond acceptors (Lipinski definition) is 4. The van der Waals surface area contributed by atoms with Crippen LogP contribution in [-0.2, 0) is 15.7 Å². The molecule has 0 spiro atoms. The van der Waals surface area contributed by atoms with Crippen LogP contribution in [0.25, 0.3) is 0 Å². The third kappa shape index (κ3) is 6.44. The van der Waals surface area contributed by atoms with E-state index in [0.29, 0.717) is 37.6 Å². The average Bonchev–Trinajstić information content (AvgIpc) is 2.74. The molecule has 0 unspecified atom stereocenters. The van der Waals surface area contributed by atoms with Gasteiger partial charge in [-0.3, -0.25) is 9.59 Å². The molecule has 0 radical (unpaired) electrons. The molecule has 2 amide bonds. The van der Waals surface area contributed by atoms with Crippen LogP contribution in [-0.4, -0.2) is 44.7 Å². The quantitative estimate of drug-likeness (QED) is 0.628. The lowest BCUT2D eigenvalue weighted by Crippen LogP contribution is -2.37. The average molecular weight is 500 g/mol. The number of amides is 2.